The Kier molecular flexibility index (Phi) is 8.14. The summed E-state index contributed by atoms with van der Waals surface area (Å²) in [7, 11) is 1.34. The van der Waals surface area contributed by atoms with Gasteiger partial charge in [-0.2, -0.15) is 0 Å². The third-order valence-electron chi connectivity index (χ3n) is 7.12. The van der Waals surface area contributed by atoms with E-state index in [0.717, 1.165) is 28.2 Å². The lowest BCUT2D eigenvalue weighted by atomic mass is 9.94. The lowest BCUT2D eigenvalue weighted by Gasteiger charge is -2.36. The van der Waals surface area contributed by atoms with E-state index < -0.39 is 11.6 Å². The van der Waals surface area contributed by atoms with Crippen molar-refractivity contribution in [1.29, 1.82) is 5.41 Å². The molecule has 1 saturated carbocycles. The van der Waals surface area contributed by atoms with Gasteiger partial charge in [0.2, 0.25) is 0 Å². The Balaban J connectivity index is 1.22. The predicted octanol–water partition coefficient (Wildman–Crippen LogP) is 7.00. The third-order valence-corrected chi connectivity index (χ3v) is 8.83. The molecule has 39 heavy (non-hydrogen) atoms. The normalized spacial score (nSPS) is 17.7. The molecule has 1 aliphatic carbocycles. The van der Waals surface area contributed by atoms with Gasteiger partial charge in [-0.15, -0.1) is 0 Å². The Morgan fingerprint density at radius 2 is 1.92 bits per heavy atom. The van der Waals surface area contributed by atoms with Gasteiger partial charge in [0, 0.05) is 43.0 Å². The van der Waals surface area contributed by atoms with E-state index in [9.17, 15) is 9.90 Å². The van der Waals surface area contributed by atoms with Crippen molar-refractivity contribution in [3.8, 4) is 0 Å². The van der Waals surface area contributed by atoms with Crippen LogP contribution in [-0.4, -0.2) is 60.9 Å². The molecule has 3 aromatic rings. The van der Waals surface area contributed by atoms with Crippen LogP contribution in [0.5, 0.6) is 0 Å². The number of hydrogen-bond donors (Lipinski definition) is 2. The van der Waals surface area contributed by atoms with Crippen LogP contribution in [0.4, 0.5) is 9.52 Å². The number of ether oxygens (including phenoxy) is 2. The maximum Gasteiger partial charge on any atom is 0.337 e. The minimum absolute atomic E-state index is 0.0103. The predicted molar refractivity (Wildman–Crippen MR) is 153 cm³/mol. The maximum absolute atomic E-state index is 15.7. The van der Waals surface area contributed by atoms with Gasteiger partial charge in [-0.25, -0.2) is 14.2 Å². The van der Waals surface area contributed by atoms with Gasteiger partial charge in [0.15, 0.2) is 5.13 Å². The maximum atomic E-state index is 15.7. The molecule has 0 atom stereocenters. The number of rotatable bonds is 9. The van der Waals surface area contributed by atoms with E-state index in [1.54, 1.807) is 36.4 Å². The molecular weight excluding hydrogens is 564 g/mol. The quantitative estimate of drug-likeness (QED) is 0.158. The first kappa shape index (κ1) is 27.8. The topological polar surface area (TPSA) is 95.7 Å². The highest BCUT2D eigenvalue weighted by Gasteiger charge is 2.37. The third kappa shape index (κ3) is 6.06. The minimum Gasteiger partial charge on any atom is -0.512 e. The number of allylic oxidation sites excluding steroid dienone is 1. The van der Waals surface area contributed by atoms with Gasteiger partial charge >= 0.3 is 5.97 Å². The number of alkyl halides is 1. The monoisotopic (exact) mass is 591 g/mol. The van der Waals surface area contributed by atoms with E-state index in [1.165, 1.54) is 18.4 Å². The molecule has 2 aromatic carbocycles. The summed E-state index contributed by atoms with van der Waals surface area (Å²) in [5.74, 6) is -0.337. The number of anilines is 1. The van der Waals surface area contributed by atoms with Gasteiger partial charge in [-0.3, -0.25) is 5.41 Å². The van der Waals surface area contributed by atoms with E-state index in [1.807, 2.05) is 4.90 Å². The molecule has 0 unspecified atom stereocenters. The lowest BCUT2D eigenvalue weighted by Crippen LogP contribution is -2.44. The molecule has 0 bridgehead atoms. The fourth-order valence-electron chi connectivity index (χ4n) is 4.64. The molecule has 5 rings (SSSR count). The van der Waals surface area contributed by atoms with Crippen LogP contribution in [0.1, 0.15) is 41.6 Å². The molecule has 2 aliphatic rings. The molecule has 2 fully saturated rings. The van der Waals surface area contributed by atoms with Crippen molar-refractivity contribution in [1.82, 2.24) is 4.98 Å². The van der Waals surface area contributed by atoms with Gasteiger partial charge < -0.3 is 19.5 Å². The number of benzene rings is 2. The van der Waals surface area contributed by atoms with Gasteiger partial charge in [0.05, 0.1) is 51.9 Å². The summed E-state index contributed by atoms with van der Waals surface area (Å²) in [6.07, 6.45) is 2.16. The second kappa shape index (κ2) is 11.4. The lowest BCUT2D eigenvalue weighted by molar-refractivity contribution is 0.00816. The molecule has 1 saturated heterocycles. The highest BCUT2D eigenvalue weighted by atomic mass is 35.5. The molecule has 2 N–H and O–H groups in total. The summed E-state index contributed by atoms with van der Waals surface area (Å²) in [4.78, 5) is 18.5. The summed E-state index contributed by atoms with van der Waals surface area (Å²) in [6.45, 7) is 0.655. The number of carbonyl (C=O) groups excluding carboxylic acids is 1. The van der Waals surface area contributed by atoms with Crippen LogP contribution in [0.3, 0.4) is 0 Å². The van der Waals surface area contributed by atoms with Gasteiger partial charge in [0.1, 0.15) is 11.4 Å². The minimum atomic E-state index is -1.55. The average molecular weight is 593 g/mol. The average Bonchev–Trinajstić information content (AvgIpc) is 3.69. The van der Waals surface area contributed by atoms with E-state index >= 15 is 4.39 Å². The van der Waals surface area contributed by atoms with E-state index in [0.29, 0.717) is 34.3 Å². The number of aliphatic hydroxyl groups is 1. The molecule has 0 spiro atoms. The summed E-state index contributed by atoms with van der Waals surface area (Å²) < 4.78 is 27.2. The first-order valence-electron chi connectivity index (χ1n) is 12.6. The Morgan fingerprint density at radius 3 is 2.56 bits per heavy atom. The second-order valence-electron chi connectivity index (χ2n) is 9.91. The first-order valence-corrected chi connectivity index (χ1v) is 14.2. The van der Waals surface area contributed by atoms with Crippen LogP contribution < -0.4 is 4.90 Å². The van der Waals surface area contributed by atoms with E-state index in [2.05, 4.69) is 4.98 Å². The molecular formula is C28H28Cl2FN3O4S. The summed E-state index contributed by atoms with van der Waals surface area (Å²) in [5.41, 5.74) is 0.293. The van der Waals surface area contributed by atoms with Gasteiger partial charge in [-0.1, -0.05) is 40.6 Å². The second-order valence-corrected chi connectivity index (χ2v) is 11.7. The fraction of sp³-hybridized carbons (Fsp3) is 0.393. The number of aliphatic hydroxyl groups excluding tert-OH is 1. The van der Waals surface area contributed by atoms with Gasteiger partial charge in [-0.05, 0) is 43.2 Å². The SMILES string of the molecule is COC(=O)c1ccc2nc(N3CCC(F)(COC/C(C(=N)c4c(Cl)cccc4Cl)=C(/O)C4CC4)CC3)sc2c1. The standard InChI is InChI=1S/C28H28Cl2FN3O4S/c1-37-26(36)17-7-8-21-22(13-17)39-27(33-21)34-11-9-28(31,10-12-34)15-38-14-18(25(35)16-5-6-16)24(32)23-19(29)3-2-4-20(23)30/h2-4,7-8,13,16,32,35H,5-6,9-12,14-15H2,1H3/b25-18-,32-24?. The molecule has 2 heterocycles. The number of hydrogen-bond acceptors (Lipinski definition) is 8. The molecule has 11 heteroatoms. The number of piperidine rings is 1. The van der Waals surface area contributed by atoms with Crippen molar-refractivity contribution in [2.24, 2.45) is 5.92 Å². The number of carbonyl (C=O) groups is 1. The first-order chi connectivity index (χ1) is 18.7. The smallest absolute Gasteiger partial charge is 0.337 e. The number of nitrogens with zero attached hydrogens (tertiary/aromatic N) is 2. The number of aromatic nitrogens is 1. The van der Waals surface area contributed by atoms with Crippen molar-refractivity contribution in [3.05, 3.63) is 68.9 Å². The summed E-state index contributed by atoms with van der Waals surface area (Å²) in [6, 6.07) is 10.2. The summed E-state index contributed by atoms with van der Waals surface area (Å²) in [5, 5.41) is 20.9. The largest absolute Gasteiger partial charge is 0.512 e. The van der Waals surface area contributed by atoms with E-state index in [4.69, 9.17) is 38.1 Å². The molecule has 0 amide bonds. The van der Waals surface area contributed by atoms with Crippen LogP contribution in [0, 0.1) is 11.3 Å². The number of fused-ring (bicyclic) bond motifs is 1. The van der Waals surface area contributed by atoms with Gasteiger partial charge in [0.25, 0.3) is 0 Å². The number of esters is 1. The number of methoxy groups -OCH3 is 1. The Morgan fingerprint density at radius 1 is 1.23 bits per heavy atom. The number of nitrogens with one attached hydrogen (secondary N) is 1. The van der Waals surface area contributed by atoms with Crippen LogP contribution in [0.2, 0.25) is 10.0 Å². The van der Waals surface area contributed by atoms with Crippen LogP contribution in [0.15, 0.2) is 47.7 Å². The molecule has 7 nitrogen and oxygen atoms in total. The van der Waals surface area contributed by atoms with Crippen LogP contribution in [0.25, 0.3) is 10.2 Å². The van der Waals surface area contributed by atoms with Crippen molar-refractivity contribution < 1.29 is 23.8 Å². The zero-order valence-corrected chi connectivity index (χ0v) is 23.6. The molecule has 1 aliphatic heterocycles. The van der Waals surface area contributed by atoms with Crippen LogP contribution >= 0.6 is 34.5 Å². The summed E-state index contributed by atoms with van der Waals surface area (Å²) >= 11 is 14.1. The Bertz CT molecular complexity index is 1430. The zero-order valence-electron chi connectivity index (χ0n) is 21.3. The highest BCUT2D eigenvalue weighted by Crippen LogP contribution is 2.39. The highest BCUT2D eigenvalue weighted by molar-refractivity contribution is 7.22. The van der Waals surface area contributed by atoms with Crippen molar-refractivity contribution >= 4 is 61.6 Å². The fourth-order valence-corrected chi connectivity index (χ4v) is 6.28. The van der Waals surface area contributed by atoms with Crippen molar-refractivity contribution in [3.63, 3.8) is 0 Å². The Hall–Kier alpha value is -2.72. The molecule has 206 valence electrons. The molecule has 1 aromatic heterocycles. The zero-order chi connectivity index (χ0) is 27.7. The van der Waals surface area contributed by atoms with Crippen molar-refractivity contribution in [2.75, 3.05) is 38.3 Å². The number of halogens is 3. The van der Waals surface area contributed by atoms with E-state index in [-0.39, 0.29) is 49.0 Å². The number of thiazole rings is 1. The molecule has 0 radical (unpaired) electrons. The van der Waals surface area contributed by atoms with Crippen molar-refractivity contribution in [2.45, 2.75) is 31.4 Å². The Labute approximate surface area is 239 Å². The van der Waals surface area contributed by atoms with Crippen LogP contribution in [-0.2, 0) is 9.47 Å².